The lowest BCUT2D eigenvalue weighted by Crippen LogP contribution is -2.18. The number of ether oxygens (including phenoxy) is 1. The van der Waals surface area contributed by atoms with Gasteiger partial charge in [0.1, 0.15) is 0 Å². The fourth-order valence-corrected chi connectivity index (χ4v) is 1.04. The molecule has 0 radical (unpaired) electrons. The number of carbonyl (C=O) groups excluding carboxylic acids is 1. The van der Waals surface area contributed by atoms with E-state index in [0.717, 1.165) is 25.7 Å². The van der Waals surface area contributed by atoms with Crippen LogP contribution in [0.15, 0.2) is 12.2 Å². The summed E-state index contributed by atoms with van der Waals surface area (Å²) < 4.78 is 4.80. The van der Waals surface area contributed by atoms with Crippen LogP contribution in [0.3, 0.4) is 0 Å². The van der Waals surface area contributed by atoms with Crippen molar-refractivity contribution in [2.45, 2.75) is 52.1 Å². The maximum Gasteiger partial charge on any atom is 0.302 e. The van der Waals surface area contributed by atoms with Crippen LogP contribution < -0.4 is 0 Å². The van der Waals surface area contributed by atoms with Gasteiger partial charge in [-0.15, -0.1) is 0 Å². The number of hydrogen-bond donors (Lipinski definition) is 1. The van der Waals surface area contributed by atoms with Gasteiger partial charge < -0.3 is 9.84 Å². The molecule has 0 aliphatic heterocycles. The highest BCUT2D eigenvalue weighted by Gasteiger charge is 2.11. The quantitative estimate of drug-likeness (QED) is 0.402. The summed E-state index contributed by atoms with van der Waals surface area (Å²) >= 11 is 0. The van der Waals surface area contributed by atoms with Gasteiger partial charge in [-0.05, 0) is 32.6 Å². The summed E-state index contributed by atoms with van der Waals surface area (Å²) in [5, 5.41) is 9.64. The Morgan fingerprint density at radius 2 is 2.13 bits per heavy atom. The molecule has 0 aromatic heterocycles. The maximum atomic E-state index is 10.4. The lowest BCUT2D eigenvalue weighted by molar-refractivity contribution is -0.141. The van der Waals surface area contributed by atoms with E-state index in [9.17, 15) is 9.90 Å². The van der Waals surface area contributed by atoms with Crippen molar-refractivity contribution in [3.05, 3.63) is 12.2 Å². The standard InChI is InChI=1S/C12H22O3/c1-4-12(3,14)9-7-5-6-8-10-15-11(2)13/h7,9,14H,4-6,8,10H2,1-3H3/b9-7+. The van der Waals surface area contributed by atoms with Gasteiger partial charge in [-0.25, -0.2) is 0 Å². The second-order valence-electron chi connectivity index (χ2n) is 3.95. The number of esters is 1. The predicted molar refractivity (Wildman–Crippen MR) is 60.5 cm³/mol. The molecule has 0 aliphatic carbocycles. The zero-order chi connectivity index (χ0) is 11.7. The van der Waals surface area contributed by atoms with Gasteiger partial charge in [0.2, 0.25) is 0 Å². The number of unbranched alkanes of at least 4 members (excludes halogenated alkanes) is 2. The minimum absolute atomic E-state index is 0.223. The van der Waals surface area contributed by atoms with Crippen molar-refractivity contribution in [2.24, 2.45) is 0 Å². The SMILES string of the molecule is CCC(C)(O)/C=C/CCCCOC(C)=O. The van der Waals surface area contributed by atoms with E-state index in [-0.39, 0.29) is 5.97 Å². The van der Waals surface area contributed by atoms with E-state index >= 15 is 0 Å². The zero-order valence-electron chi connectivity index (χ0n) is 9.95. The van der Waals surface area contributed by atoms with E-state index in [4.69, 9.17) is 4.74 Å². The third-order valence-corrected chi connectivity index (χ3v) is 2.26. The first-order valence-corrected chi connectivity index (χ1v) is 5.51. The second-order valence-corrected chi connectivity index (χ2v) is 3.95. The summed E-state index contributed by atoms with van der Waals surface area (Å²) in [4.78, 5) is 10.4. The monoisotopic (exact) mass is 214 g/mol. The number of carbonyl (C=O) groups is 1. The van der Waals surface area contributed by atoms with Crippen molar-refractivity contribution in [1.82, 2.24) is 0 Å². The summed E-state index contributed by atoms with van der Waals surface area (Å²) in [6, 6.07) is 0. The molecule has 0 amide bonds. The molecule has 0 bridgehead atoms. The van der Waals surface area contributed by atoms with Gasteiger partial charge in [0.25, 0.3) is 0 Å². The van der Waals surface area contributed by atoms with Crippen molar-refractivity contribution >= 4 is 5.97 Å². The van der Waals surface area contributed by atoms with E-state index in [0.29, 0.717) is 6.61 Å². The van der Waals surface area contributed by atoms with E-state index in [1.165, 1.54) is 6.92 Å². The van der Waals surface area contributed by atoms with Crippen LogP contribution in [0.4, 0.5) is 0 Å². The van der Waals surface area contributed by atoms with Gasteiger partial charge in [-0.2, -0.15) is 0 Å². The molecule has 0 heterocycles. The van der Waals surface area contributed by atoms with Crippen molar-refractivity contribution < 1.29 is 14.6 Å². The molecule has 0 saturated carbocycles. The van der Waals surface area contributed by atoms with Crippen LogP contribution in [0.5, 0.6) is 0 Å². The zero-order valence-corrected chi connectivity index (χ0v) is 9.95. The average Bonchev–Trinajstić information content (AvgIpc) is 2.16. The molecule has 3 nitrogen and oxygen atoms in total. The van der Waals surface area contributed by atoms with Crippen molar-refractivity contribution in [3.8, 4) is 0 Å². The van der Waals surface area contributed by atoms with Crippen LogP contribution in [0.25, 0.3) is 0 Å². The highest BCUT2D eigenvalue weighted by molar-refractivity contribution is 5.65. The Morgan fingerprint density at radius 1 is 1.47 bits per heavy atom. The van der Waals surface area contributed by atoms with Crippen molar-refractivity contribution in [3.63, 3.8) is 0 Å². The lowest BCUT2D eigenvalue weighted by atomic mass is 10.0. The summed E-state index contributed by atoms with van der Waals surface area (Å²) in [5.41, 5.74) is -0.685. The molecule has 15 heavy (non-hydrogen) atoms. The maximum absolute atomic E-state index is 10.4. The molecule has 0 aromatic carbocycles. The molecule has 0 saturated heterocycles. The van der Waals surface area contributed by atoms with Gasteiger partial charge in [0.15, 0.2) is 0 Å². The molecule has 1 unspecified atom stereocenters. The second kappa shape index (κ2) is 7.46. The summed E-state index contributed by atoms with van der Waals surface area (Å²) in [5.74, 6) is -0.223. The molecule has 0 aliphatic rings. The number of hydrogen-bond acceptors (Lipinski definition) is 3. The Morgan fingerprint density at radius 3 is 2.67 bits per heavy atom. The largest absolute Gasteiger partial charge is 0.466 e. The number of rotatable bonds is 7. The van der Waals surface area contributed by atoms with Crippen molar-refractivity contribution in [1.29, 1.82) is 0 Å². The van der Waals surface area contributed by atoms with Crippen LogP contribution >= 0.6 is 0 Å². The van der Waals surface area contributed by atoms with E-state index in [2.05, 4.69) is 0 Å². The van der Waals surface area contributed by atoms with Gasteiger partial charge in [-0.1, -0.05) is 19.1 Å². The molecule has 0 aromatic rings. The topological polar surface area (TPSA) is 46.5 Å². The van der Waals surface area contributed by atoms with E-state index < -0.39 is 5.60 Å². The fraction of sp³-hybridized carbons (Fsp3) is 0.750. The van der Waals surface area contributed by atoms with Crippen LogP contribution in [-0.2, 0) is 9.53 Å². The molecule has 88 valence electrons. The average molecular weight is 214 g/mol. The Hall–Kier alpha value is -0.830. The molecule has 0 spiro atoms. The van der Waals surface area contributed by atoms with E-state index in [1.54, 1.807) is 6.92 Å². The molecule has 0 rings (SSSR count). The third kappa shape index (κ3) is 9.47. The highest BCUT2D eigenvalue weighted by Crippen LogP contribution is 2.10. The summed E-state index contributed by atoms with van der Waals surface area (Å²) in [6.45, 7) is 5.65. The molecular formula is C12H22O3. The summed E-state index contributed by atoms with van der Waals surface area (Å²) in [7, 11) is 0. The Labute approximate surface area is 92.1 Å². The predicted octanol–water partition coefficient (Wildman–Crippen LogP) is 2.44. The van der Waals surface area contributed by atoms with Crippen LogP contribution in [0.1, 0.15) is 46.5 Å². The molecule has 0 fully saturated rings. The van der Waals surface area contributed by atoms with Gasteiger partial charge in [0.05, 0.1) is 12.2 Å². The third-order valence-electron chi connectivity index (χ3n) is 2.26. The van der Waals surface area contributed by atoms with Crippen LogP contribution in [-0.4, -0.2) is 23.3 Å². The fourth-order valence-electron chi connectivity index (χ4n) is 1.04. The summed E-state index contributed by atoms with van der Waals surface area (Å²) in [6.07, 6.45) is 7.30. The Balaban J connectivity index is 3.42. The number of aliphatic hydroxyl groups is 1. The van der Waals surface area contributed by atoms with Gasteiger partial charge >= 0.3 is 5.97 Å². The first-order chi connectivity index (χ1) is 6.98. The lowest BCUT2D eigenvalue weighted by Gasteiger charge is -2.15. The highest BCUT2D eigenvalue weighted by atomic mass is 16.5. The van der Waals surface area contributed by atoms with Crippen LogP contribution in [0, 0.1) is 0 Å². The normalized spacial score (nSPS) is 15.2. The first-order valence-electron chi connectivity index (χ1n) is 5.51. The van der Waals surface area contributed by atoms with E-state index in [1.807, 2.05) is 19.1 Å². The van der Waals surface area contributed by atoms with Crippen molar-refractivity contribution in [2.75, 3.05) is 6.61 Å². The Kier molecular flexibility index (Phi) is 7.05. The minimum atomic E-state index is -0.685. The Bertz CT molecular complexity index is 207. The molecule has 1 atom stereocenters. The first kappa shape index (κ1) is 14.2. The van der Waals surface area contributed by atoms with Crippen LogP contribution in [0.2, 0.25) is 0 Å². The molecular weight excluding hydrogens is 192 g/mol. The molecule has 3 heteroatoms. The van der Waals surface area contributed by atoms with Gasteiger partial charge in [-0.3, -0.25) is 4.79 Å². The molecule has 1 N–H and O–H groups in total. The smallest absolute Gasteiger partial charge is 0.302 e. The van der Waals surface area contributed by atoms with Gasteiger partial charge in [0, 0.05) is 6.92 Å². The minimum Gasteiger partial charge on any atom is -0.466 e. The number of allylic oxidation sites excluding steroid dienone is 1.